The summed E-state index contributed by atoms with van der Waals surface area (Å²) in [5.41, 5.74) is 2.60. The van der Waals surface area contributed by atoms with E-state index >= 15 is 0 Å². The van der Waals surface area contributed by atoms with E-state index in [0.717, 1.165) is 11.3 Å². The number of carbonyl (C=O) groups excluding carboxylic acids is 3. The molecule has 0 bridgehead atoms. The molecule has 1 heterocycles. The van der Waals surface area contributed by atoms with Gasteiger partial charge in [-0.1, -0.05) is 32.0 Å². The molecule has 2 aromatic rings. The maximum Gasteiger partial charge on any atom is 0.330 e. The van der Waals surface area contributed by atoms with Gasteiger partial charge in [0.1, 0.15) is 0 Å². The monoisotopic (exact) mass is 437 g/mol. The van der Waals surface area contributed by atoms with Gasteiger partial charge in [0.05, 0.1) is 20.1 Å². The lowest BCUT2D eigenvalue weighted by Crippen LogP contribution is -2.27. The van der Waals surface area contributed by atoms with Gasteiger partial charge in [0.2, 0.25) is 5.91 Å². The summed E-state index contributed by atoms with van der Waals surface area (Å²) in [6, 6.07) is 12.7. The number of ether oxygens (including phenoxy) is 3. The van der Waals surface area contributed by atoms with Crippen molar-refractivity contribution in [2.24, 2.45) is 5.92 Å². The lowest BCUT2D eigenvalue weighted by Gasteiger charge is -2.18. The van der Waals surface area contributed by atoms with Crippen molar-refractivity contribution in [3.63, 3.8) is 0 Å². The Labute approximate surface area is 187 Å². The highest BCUT2D eigenvalue weighted by Gasteiger charge is 2.36. The maximum atomic E-state index is 12.8. The van der Waals surface area contributed by atoms with E-state index in [4.69, 9.17) is 9.47 Å². The third-order valence-corrected chi connectivity index (χ3v) is 5.32. The Morgan fingerprint density at radius 1 is 1.09 bits per heavy atom. The van der Waals surface area contributed by atoms with Gasteiger partial charge in [-0.15, -0.1) is 0 Å². The Morgan fingerprint density at radius 2 is 1.88 bits per heavy atom. The topological polar surface area (TPSA) is 82.1 Å². The third kappa shape index (κ3) is 5.35. The molecule has 0 saturated carbocycles. The van der Waals surface area contributed by atoms with Crippen LogP contribution in [0.2, 0.25) is 0 Å². The summed E-state index contributed by atoms with van der Waals surface area (Å²) >= 11 is 0. The molecule has 3 rings (SSSR count). The molecule has 0 radical (unpaired) electrons. The fraction of sp³-hybridized carbons (Fsp3) is 0.320. The van der Waals surface area contributed by atoms with Gasteiger partial charge in [0, 0.05) is 24.7 Å². The molecule has 168 valence electrons. The smallest absolute Gasteiger partial charge is 0.330 e. The van der Waals surface area contributed by atoms with Crippen molar-refractivity contribution >= 4 is 29.6 Å². The number of methoxy groups -OCH3 is 2. The minimum Gasteiger partial charge on any atom is -0.493 e. The molecule has 1 atom stereocenters. The van der Waals surface area contributed by atoms with Gasteiger partial charge < -0.3 is 19.1 Å². The van der Waals surface area contributed by atoms with Crippen LogP contribution in [0.15, 0.2) is 48.5 Å². The zero-order chi connectivity index (χ0) is 23.3. The third-order valence-electron chi connectivity index (χ3n) is 5.32. The fourth-order valence-corrected chi connectivity index (χ4v) is 3.46. The lowest BCUT2D eigenvalue weighted by atomic mass is 10.0. The minimum absolute atomic E-state index is 0.0903. The summed E-state index contributed by atoms with van der Waals surface area (Å²) in [6.45, 7) is 4.45. The van der Waals surface area contributed by atoms with Crippen molar-refractivity contribution in [1.82, 2.24) is 0 Å². The van der Waals surface area contributed by atoms with Gasteiger partial charge in [0.25, 0.3) is 0 Å². The van der Waals surface area contributed by atoms with Crippen LogP contribution >= 0.6 is 0 Å². The Balaban J connectivity index is 1.71. The first-order chi connectivity index (χ1) is 15.3. The van der Waals surface area contributed by atoms with Crippen molar-refractivity contribution in [3.05, 3.63) is 59.7 Å². The number of rotatable bonds is 7. The second kappa shape index (κ2) is 10.1. The van der Waals surface area contributed by atoms with E-state index in [1.165, 1.54) is 20.3 Å². The largest absolute Gasteiger partial charge is 0.493 e. The number of nitrogens with zero attached hydrogens (tertiary/aromatic N) is 1. The van der Waals surface area contributed by atoms with Gasteiger partial charge in [-0.3, -0.25) is 9.59 Å². The Hall–Kier alpha value is -3.61. The van der Waals surface area contributed by atoms with E-state index < -0.39 is 17.9 Å². The summed E-state index contributed by atoms with van der Waals surface area (Å²) < 4.78 is 15.5. The second-order valence-corrected chi connectivity index (χ2v) is 7.84. The number of hydrogen-bond donors (Lipinski definition) is 0. The quantitative estimate of drug-likeness (QED) is 0.370. The van der Waals surface area contributed by atoms with Crippen molar-refractivity contribution in [1.29, 1.82) is 0 Å². The first kappa shape index (κ1) is 23.1. The number of hydrogen-bond acceptors (Lipinski definition) is 6. The van der Waals surface area contributed by atoms with Crippen molar-refractivity contribution in [2.45, 2.75) is 26.2 Å². The number of anilines is 1. The number of amides is 1. The number of carbonyl (C=O) groups is 3. The molecule has 1 aliphatic rings. The van der Waals surface area contributed by atoms with Gasteiger partial charge in [-0.25, -0.2) is 4.79 Å². The van der Waals surface area contributed by atoms with Crippen LogP contribution in [0.1, 0.15) is 37.3 Å². The van der Waals surface area contributed by atoms with E-state index in [0.29, 0.717) is 17.2 Å². The summed E-state index contributed by atoms with van der Waals surface area (Å²) in [5.74, 6) is -0.717. The van der Waals surface area contributed by atoms with Crippen LogP contribution in [0.4, 0.5) is 5.69 Å². The molecule has 0 aliphatic carbocycles. The average molecular weight is 437 g/mol. The standard InChI is InChI=1S/C25H27NO6/c1-16(2)18-6-5-7-20(13-18)26-15-19(14-23(26)27)25(29)32-21-10-8-17(12-22(21)30-3)9-11-24(28)31-4/h5-13,16,19H,14-15H2,1-4H3/b11-9+. The van der Waals surface area contributed by atoms with E-state index in [9.17, 15) is 14.4 Å². The van der Waals surface area contributed by atoms with Gasteiger partial charge in [0.15, 0.2) is 11.5 Å². The summed E-state index contributed by atoms with van der Waals surface area (Å²) in [4.78, 5) is 38.3. The molecule has 2 aromatic carbocycles. The van der Waals surface area contributed by atoms with Crippen LogP contribution in [-0.4, -0.2) is 38.6 Å². The molecule has 0 aromatic heterocycles. The van der Waals surface area contributed by atoms with E-state index in [1.807, 2.05) is 24.3 Å². The van der Waals surface area contributed by atoms with Crippen LogP contribution in [-0.2, 0) is 19.1 Å². The Bertz CT molecular complexity index is 1040. The summed E-state index contributed by atoms with van der Waals surface area (Å²) in [5, 5.41) is 0. The fourth-order valence-electron chi connectivity index (χ4n) is 3.46. The van der Waals surface area contributed by atoms with E-state index in [-0.39, 0.29) is 24.6 Å². The number of benzene rings is 2. The normalized spacial score (nSPS) is 16.0. The molecule has 1 fully saturated rings. The van der Waals surface area contributed by atoms with Crippen LogP contribution in [0.5, 0.6) is 11.5 Å². The van der Waals surface area contributed by atoms with Gasteiger partial charge >= 0.3 is 11.9 Å². The maximum absolute atomic E-state index is 12.8. The van der Waals surface area contributed by atoms with Crippen LogP contribution in [0, 0.1) is 5.92 Å². The lowest BCUT2D eigenvalue weighted by molar-refractivity contribution is -0.139. The average Bonchev–Trinajstić information content (AvgIpc) is 3.19. The van der Waals surface area contributed by atoms with Gasteiger partial charge in [-0.2, -0.15) is 0 Å². The molecule has 0 N–H and O–H groups in total. The predicted molar refractivity (Wildman–Crippen MR) is 121 cm³/mol. The molecule has 1 amide bonds. The molecule has 7 heteroatoms. The van der Waals surface area contributed by atoms with E-state index in [1.54, 1.807) is 29.2 Å². The highest BCUT2D eigenvalue weighted by Crippen LogP contribution is 2.32. The first-order valence-electron chi connectivity index (χ1n) is 10.4. The van der Waals surface area contributed by atoms with Crippen LogP contribution in [0.3, 0.4) is 0 Å². The molecule has 1 unspecified atom stereocenters. The minimum atomic E-state index is -0.575. The molecule has 32 heavy (non-hydrogen) atoms. The highest BCUT2D eigenvalue weighted by molar-refractivity contribution is 5.99. The SMILES string of the molecule is COC(=O)/C=C/c1ccc(OC(=O)C2CC(=O)N(c3cccc(C(C)C)c3)C2)c(OC)c1. The molecule has 1 saturated heterocycles. The predicted octanol–water partition coefficient (Wildman–Crippen LogP) is 3.96. The van der Waals surface area contributed by atoms with Gasteiger partial charge in [-0.05, 0) is 47.4 Å². The van der Waals surface area contributed by atoms with Crippen molar-refractivity contribution < 1.29 is 28.6 Å². The Kier molecular flexibility index (Phi) is 7.30. The molecule has 7 nitrogen and oxygen atoms in total. The summed E-state index contributed by atoms with van der Waals surface area (Å²) in [7, 11) is 2.76. The molecular formula is C25H27NO6. The molecular weight excluding hydrogens is 410 g/mol. The number of esters is 2. The van der Waals surface area contributed by atoms with Crippen molar-refractivity contribution in [2.75, 3.05) is 25.7 Å². The summed E-state index contributed by atoms with van der Waals surface area (Å²) in [6.07, 6.45) is 2.94. The zero-order valence-electron chi connectivity index (χ0n) is 18.7. The second-order valence-electron chi connectivity index (χ2n) is 7.84. The Morgan fingerprint density at radius 3 is 2.56 bits per heavy atom. The molecule has 0 spiro atoms. The van der Waals surface area contributed by atoms with E-state index in [2.05, 4.69) is 18.6 Å². The highest BCUT2D eigenvalue weighted by atomic mass is 16.6. The van der Waals surface area contributed by atoms with Crippen molar-refractivity contribution in [3.8, 4) is 11.5 Å². The first-order valence-corrected chi connectivity index (χ1v) is 10.4. The van der Waals surface area contributed by atoms with Crippen LogP contribution in [0.25, 0.3) is 6.08 Å². The van der Waals surface area contributed by atoms with Crippen LogP contribution < -0.4 is 14.4 Å². The molecule has 1 aliphatic heterocycles. The zero-order valence-corrected chi connectivity index (χ0v) is 18.7.